The molecule has 0 radical (unpaired) electrons. The van der Waals surface area contributed by atoms with E-state index in [-0.39, 0.29) is 0 Å². The summed E-state index contributed by atoms with van der Waals surface area (Å²) in [7, 11) is 0. The Morgan fingerprint density at radius 3 is 2.71 bits per heavy atom. The van der Waals surface area contributed by atoms with E-state index < -0.39 is 6.16 Å². The van der Waals surface area contributed by atoms with Crippen LogP contribution in [-0.2, 0) is 4.74 Å². The van der Waals surface area contributed by atoms with E-state index in [9.17, 15) is 4.79 Å². The summed E-state index contributed by atoms with van der Waals surface area (Å²) in [6.45, 7) is 0. The van der Waals surface area contributed by atoms with E-state index in [1.807, 2.05) is 6.08 Å². The molecule has 14 heavy (non-hydrogen) atoms. The maximum absolute atomic E-state index is 10.4. The number of ether oxygens (including phenoxy) is 1. The van der Waals surface area contributed by atoms with Crippen molar-refractivity contribution in [3.63, 3.8) is 0 Å². The summed E-state index contributed by atoms with van der Waals surface area (Å²) in [5, 5.41) is 8.50. The van der Waals surface area contributed by atoms with Gasteiger partial charge in [-0.25, -0.2) is 4.79 Å². The minimum absolute atomic E-state index is 0.350. The smallest absolute Gasteiger partial charge is 0.449 e. The summed E-state index contributed by atoms with van der Waals surface area (Å²) in [5.74, 6) is 0.666. The molecular formula is C11H16O3. The molecule has 0 saturated heterocycles. The first-order valence-electron chi connectivity index (χ1n) is 5.30. The summed E-state index contributed by atoms with van der Waals surface area (Å²) in [4.78, 5) is 10.4. The quantitative estimate of drug-likeness (QED) is 0.654. The second kappa shape index (κ2) is 3.64. The Bertz CT molecular complexity index is 262. The maximum Gasteiger partial charge on any atom is 0.511 e. The van der Waals surface area contributed by atoms with Gasteiger partial charge in [0.15, 0.2) is 0 Å². The van der Waals surface area contributed by atoms with Crippen molar-refractivity contribution in [2.75, 3.05) is 0 Å². The Labute approximate surface area is 83.8 Å². The first kappa shape index (κ1) is 9.56. The van der Waals surface area contributed by atoms with Gasteiger partial charge >= 0.3 is 6.16 Å². The molecule has 0 unspecified atom stereocenters. The largest absolute Gasteiger partial charge is 0.511 e. The fourth-order valence-corrected chi connectivity index (χ4v) is 2.72. The molecule has 2 rings (SSSR count). The van der Waals surface area contributed by atoms with Gasteiger partial charge in [0.2, 0.25) is 0 Å². The molecule has 0 atom stereocenters. The van der Waals surface area contributed by atoms with Crippen molar-refractivity contribution in [3.05, 3.63) is 11.8 Å². The van der Waals surface area contributed by atoms with Crippen LogP contribution >= 0.6 is 0 Å². The zero-order valence-electron chi connectivity index (χ0n) is 8.29. The molecule has 3 heteroatoms. The Kier molecular flexibility index (Phi) is 2.48. The Morgan fingerprint density at radius 1 is 1.36 bits per heavy atom. The van der Waals surface area contributed by atoms with Crippen molar-refractivity contribution in [1.29, 1.82) is 0 Å². The Balaban J connectivity index is 1.93. The number of carboxylic acid groups (broad SMARTS) is 1. The third-order valence-corrected chi connectivity index (χ3v) is 3.44. The van der Waals surface area contributed by atoms with Crippen molar-refractivity contribution >= 4 is 6.16 Å². The Hall–Kier alpha value is -0.990. The van der Waals surface area contributed by atoms with E-state index in [1.54, 1.807) is 0 Å². The lowest BCUT2D eigenvalue weighted by Crippen LogP contribution is -2.21. The molecule has 3 nitrogen and oxygen atoms in total. The Morgan fingerprint density at radius 2 is 2.07 bits per heavy atom. The van der Waals surface area contributed by atoms with Crippen LogP contribution in [0.5, 0.6) is 0 Å². The summed E-state index contributed by atoms with van der Waals surface area (Å²) < 4.78 is 4.72. The summed E-state index contributed by atoms with van der Waals surface area (Å²) in [6.07, 6.45) is 8.99. The van der Waals surface area contributed by atoms with Crippen LogP contribution in [0.3, 0.4) is 0 Å². The van der Waals surface area contributed by atoms with Gasteiger partial charge in [-0.05, 0) is 30.8 Å². The average molecular weight is 196 g/mol. The summed E-state index contributed by atoms with van der Waals surface area (Å²) in [5.41, 5.74) is 0.350. The van der Waals surface area contributed by atoms with Gasteiger partial charge in [-0.1, -0.05) is 19.3 Å². The predicted octanol–water partition coefficient (Wildman–Crippen LogP) is 3.31. The molecule has 1 spiro atoms. The lowest BCUT2D eigenvalue weighted by atomic mass is 9.72. The standard InChI is InChI=1S/C11H16O3/c12-10(13)14-9-4-7-11(8-9)5-2-1-3-6-11/h4H,1-3,5-8H2,(H,12,13). The van der Waals surface area contributed by atoms with Gasteiger partial charge in [0, 0.05) is 6.42 Å². The topological polar surface area (TPSA) is 46.5 Å². The van der Waals surface area contributed by atoms with Crippen LogP contribution in [0.1, 0.15) is 44.9 Å². The van der Waals surface area contributed by atoms with Crippen LogP contribution < -0.4 is 0 Å². The molecule has 0 amide bonds. The van der Waals surface area contributed by atoms with E-state index >= 15 is 0 Å². The van der Waals surface area contributed by atoms with Crippen molar-refractivity contribution in [3.8, 4) is 0 Å². The molecule has 78 valence electrons. The van der Waals surface area contributed by atoms with Crippen LogP contribution in [0.2, 0.25) is 0 Å². The van der Waals surface area contributed by atoms with E-state index in [0.29, 0.717) is 11.2 Å². The molecule has 0 aromatic heterocycles. The molecule has 0 bridgehead atoms. The number of hydrogen-bond donors (Lipinski definition) is 1. The second-order valence-corrected chi connectivity index (χ2v) is 4.48. The van der Waals surface area contributed by atoms with Crippen molar-refractivity contribution in [2.45, 2.75) is 44.9 Å². The monoisotopic (exact) mass is 196 g/mol. The van der Waals surface area contributed by atoms with Crippen LogP contribution in [0.25, 0.3) is 0 Å². The predicted molar refractivity (Wildman–Crippen MR) is 51.9 cm³/mol. The molecular weight excluding hydrogens is 180 g/mol. The molecule has 2 aliphatic carbocycles. The van der Waals surface area contributed by atoms with E-state index in [0.717, 1.165) is 12.8 Å². The minimum Gasteiger partial charge on any atom is -0.449 e. The van der Waals surface area contributed by atoms with Crippen LogP contribution in [0, 0.1) is 5.41 Å². The molecule has 0 heterocycles. The molecule has 2 aliphatic rings. The minimum atomic E-state index is -1.18. The fraction of sp³-hybridized carbons (Fsp3) is 0.727. The molecule has 1 N–H and O–H groups in total. The number of rotatable bonds is 1. The number of allylic oxidation sites excluding steroid dienone is 2. The van der Waals surface area contributed by atoms with Gasteiger partial charge in [-0.3, -0.25) is 0 Å². The van der Waals surface area contributed by atoms with Gasteiger partial charge in [-0.15, -0.1) is 0 Å². The first-order valence-corrected chi connectivity index (χ1v) is 5.30. The van der Waals surface area contributed by atoms with Gasteiger partial charge in [-0.2, -0.15) is 0 Å². The highest BCUT2D eigenvalue weighted by Crippen LogP contribution is 2.48. The normalized spacial score (nSPS) is 24.7. The van der Waals surface area contributed by atoms with Crippen molar-refractivity contribution < 1.29 is 14.6 Å². The zero-order valence-corrected chi connectivity index (χ0v) is 8.29. The third-order valence-electron chi connectivity index (χ3n) is 3.44. The third kappa shape index (κ3) is 1.91. The van der Waals surface area contributed by atoms with Crippen molar-refractivity contribution in [1.82, 2.24) is 0 Å². The number of hydrogen-bond acceptors (Lipinski definition) is 2. The highest BCUT2D eigenvalue weighted by molar-refractivity contribution is 5.58. The highest BCUT2D eigenvalue weighted by Gasteiger charge is 2.36. The van der Waals surface area contributed by atoms with Crippen LogP contribution in [0.4, 0.5) is 4.79 Å². The summed E-state index contributed by atoms with van der Waals surface area (Å²) >= 11 is 0. The van der Waals surface area contributed by atoms with Gasteiger partial charge in [0.25, 0.3) is 0 Å². The van der Waals surface area contributed by atoms with E-state index in [1.165, 1.54) is 32.1 Å². The molecule has 0 aromatic carbocycles. The van der Waals surface area contributed by atoms with Gasteiger partial charge in [0.05, 0.1) is 0 Å². The van der Waals surface area contributed by atoms with Gasteiger partial charge in [0.1, 0.15) is 5.76 Å². The SMILES string of the molecule is O=C(O)OC1=CCC2(CCCCC2)C1. The summed E-state index contributed by atoms with van der Waals surface area (Å²) in [6, 6.07) is 0. The maximum atomic E-state index is 10.4. The highest BCUT2D eigenvalue weighted by atomic mass is 16.7. The molecule has 1 saturated carbocycles. The fourth-order valence-electron chi connectivity index (χ4n) is 2.72. The van der Waals surface area contributed by atoms with Crippen molar-refractivity contribution in [2.24, 2.45) is 5.41 Å². The molecule has 0 aromatic rings. The van der Waals surface area contributed by atoms with Gasteiger partial charge < -0.3 is 9.84 Å². The van der Waals surface area contributed by atoms with E-state index in [4.69, 9.17) is 9.84 Å². The molecule has 1 fully saturated rings. The second-order valence-electron chi connectivity index (χ2n) is 4.48. The zero-order chi connectivity index (χ0) is 10.0. The average Bonchev–Trinajstić information content (AvgIpc) is 2.49. The van der Waals surface area contributed by atoms with E-state index in [2.05, 4.69) is 0 Å². The van der Waals surface area contributed by atoms with Crippen LogP contribution in [-0.4, -0.2) is 11.3 Å². The van der Waals surface area contributed by atoms with Crippen LogP contribution in [0.15, 0.2) is 11.8 Å². The lowest BCUT2D eigenvalue weighted by molar-refractivity contribution is 0.108. The molecule has 0 aliphatic heterocycles. The lowest BCUT2D eigenvalue weighted by Gasteiger charge is -2.33. The first-order chi connectivity index (χ1) is 6.70. The number of carbonyl (C=O) groups is 1.